The third kappa shape index (κ3) is 5.44. The summed E-state index contributed by atoms with van der Waals surface area (Å²) in [6, 6.07) is 16.4. The molecule has 6 nitrogen and oxygen atoms in total. The Kier molecular flexibility index (Phi) is 6.87. The van der Waals surface area contributed by atoms with Crippen LogP contribution in [0.3, 0.4) is 0 Å². The lowest BCUT2D eigenvalue weighted by Crippen LogP contribution is -2.50. The van der Waals surface area contributed by atoms with Crippen LogP contribution in [0, 0.1) is 6.92 Å². The van der Waals surface area contributed by atoms with Gasteiger partial charge in [-0.2, -0.15) is 0 Å². The predicted molar refractivity (Wildman–Crippen MR) is 123 cm³/mol. The van der Waals surface area contributed by atoms with Gasteiger partial charge in [-0.05, 0) is 37.5 Å². The summed E-state index contributed by atoms with van der Waals surface area (Å²) >= 11 is 0. The van der Waals surface area contributed by atoms with E-state index in [-0.39, 0.29) is 18.4 Å². The summed E-state index contributed by atoms with van der Waals surface area (Å²) in [5, 5.41) is 2.87. The van der Waals surface area contributed by atoms with Crippen molar-refractivity contribution in [3.05, 3.63) is 65.2 Å². The molecule has 2 saturated heterocycles. The van der Waals surface area contributed by atoms with Gasteiger partial charge in [0.15, 0.2) is 0 Å². The normalized spacial score (nSPS) is 17.1. The zero-order valence-electron chi connectivity index (χ0n) is 18.3. The van der Waals surface area contributed by atoms with Crippen molar-refractivity contribution in [1.29, 1.82) is 0 Å². The molecular formula is C25H32N4O2. The van der Waals surface area contributed by atoms with Crippen molar-refractivity contribution >= 4 is 17.5 Å². The number of nitrogens with one attached hydrogen (secondary N) is 1. The Morgan fingerprint density at radius 3 is 2.32 bits per heavy atom. The number of hydrogen-bond acceptors (Lipinski definition) is 4. The van der Waals surface area contributed by atoms with Gasteiger partial charge < -0.3 is 15.1 Å². The molecule has 0 aromatic heterocycles. The number of rotatable bonds is 6. The fourth-order valence-corrected chi connectivity index (χ4v) is 4.43. The van der Waals surface area contributed by atoms with E-state index >= 15 is 0 Å². The lowest BCUT2D eigenvalue weighted by molar-refractivity contribution is -0.131. The van der Waals surface area contributed by atoms with Gasteiger partial charge in [0.05, 0.1) is 12.1 Å². The molecule has 2 heterocycles. The van der Waals surface area contributed by atoms with E-state index in [1.54, 1.807) is 0 Å². The second-order valence-corrected chi connectivity index (χ2v) is 8.54. The summed E-state index contributed by atoms with van der Waals surface area (Å²) in [7, 11) is 0. The predicted octanol–water partition coefficient (Wildman–Crippen LogP) is 2.67. The molecule has 1 N–H and O–H groups in total. The van der Waals surface area contributed by atoms with Crippen LogP contribution in [0.1, 0.15) is 34.3 Å². The zero-order chi connectivity index (χ0) is 21.6. The van der Waals surface area contributed by atoms with Crippen molar-refractivity contribution in [2.75, 3.05) is 50.7 Å². The molecule has 2 aliphatic heterocycles. The van der Waals surface area contributed by atoms with E-state index in [4.69, 9.17) is 0 Å². The molecule has 2 aromatic carbocycles. The average molecular weight is 421 g/mol. The summed E-state index contributed by atoms with van der Waals surface area (Å²) in [5.74, 6) is -0.176. The monoisotopic (exact) mass is 420 g/mol. The number of aryl methyl sites for hydroxylation is 1. The number of benzene rings is 2. The third-order valence-corrected chi connectivity index (χ3v) is 6.22. The molecule has 2 fully saturated rings. The van der Waals surface area contributed by atoms with Crippen molar-refractivity contribution in [1.82, 2.24) is 15.1 Å². The van der Waals surface area contributed by atoms with Crippen LogP contribution in [0.15, 0.2) is 48.5 Å². The second-order valence-electron chi connectivity index (χ2n) is 8.54. The largest absolute Gasteiger partial charge is 0.371 e. The Balaban J connectivity index is 1.28. The van der Waals surface area contributed by atoms with Gasteiger partial charge >= 0.3 is 0 Å². The first kappa shape index (κ1) is 21.4. The number of hydrogen-bond donors (Lipinski definition) is 1. The topological polar surface area (TPSA) is 55.9 Å². The first-order chi connectivity index (χ1) is 15.1. The van der Waals surface area contributed by atoms with Gasteiger partial charge in [-0.1, -0.05) is 42.0 Å². The fourth-order valence-electron chi connectivity index (χ4n) is 4.43. The smallest absolute Gasteiger partial charge is 0.253 e. The van der Waals surface area contributed by atoms with Crippen LogP contribution < -0.4 is 10.2 Å². The number of carbonyl (C=O) groups is 2. The molecule has 0 radical (unpaired) electrons. The highest BCUT2D eigenvalue weighted by molar-refractivity contribution is 6.01. The van der Waals surface area contributed by atoms with Crippen LogP contribution in [0.5, 0.6) is 0 Å². The molecule has 6 heteroatoms. The summed E-state index contributed by atoms with van der Waals surface area (Å²) in [5.41, 5.74) is 3.99. The molecule has 2 amide bonds. The van der Waals surface area contributed by atoms with E-state index in [2.05, 4.69) is 39.4 Å². The molecule has 2 aliphatic rings. The standard InChI is InChI=1S/C25H32N4O2/c1-20-9-10-23(28-11-5-6-12-28)22(17-20)25(31)26-18-24(30)29-15-13-27(14-16-29)19-21-7-3-2-4-8-21/h2-4,7-10,17H,5-6,11-16,18-19H2,1H3,(H,26,31). The number of amides is 2. The number of carbonyl (C=O) groups excluding carboxylic acids is 2. The first-order valence-corrected chi connectivity index (χ1v) is 11.3. The van der Waals surface area contributed by atoms with Gasteiger partial charge in [-0.15, -0.1) is 0 Å². The number of anilines is 1. The maximum atomic E-state index is 12.9. The molecule has 0 atom stereocenters. The molecule has 31 heavy (non-hydrogen) atoms. The van der Waals surface area contributed by atoms with Crippen molar-refractivity contribution < 1.29 is 9.59 Å². The number of nitrogens with zero attached hydrogens (tertiary/aromatic N) is 3. The minimum atomic E-state index is -0.165. The van der Waals surface area contributed by atoms with Gasteiger partial charge in [-0.25, -0.2) is 0 Å². The maximum Gasteiger partial charge on any atom is 0.253 e. The van der Waals surface area contributed by atoms with E-state index in [0.717, 1.165) is 56.8 Å². The van der Waals surface area contributed by atoms with Crippen LogP contribution >= 0.6 is 0 Å². The van der Waals surface area contributed by atoms with Crippen molar-refractivity contribution in [3.8, 4) is 0 Å². The summed E-state index contributed by atoms with van der Waals surface area (Å²) in [4.78, 5) is 32.1. The molecule has 164 valence electrons. The van der Waals surface area contributed by atoms with E-state index < -0.39 is 0 Å². The van der Waals surface area contributed by atoms with Gasteiger partial charge in [0.2, 0.25) is 5.91 Å². The fraction of sp³-hybridized carbons (Fsp3) is 0.440. The van der Waals surface area contributed by atoms with Crippen molar-refractivity contribution in [2.45, 2.75) is 26.3 Å². The van der Waals surface area contributed by atoms with E-state index in [1.807, 2.05) is 36.1 Å². The number of piperazine rings is 1. The third-order valence-electron chi connectivity index (χ3n) is 6.22. The van der Waals surface area contributed by atoms with Gasteiger partial charge in [0.25, 0.3) is 5.91 Å². The minimum absolute atomic E-state index is 0.0110. The Bertz CT molecular complexity index is 901. The van der Waals surface area contributed by atoms with Crippen LogP contribution in [0.4, 0.5) is 5.69 Å². The van der Waals surface area contributed by atoms with E-state index in [0.29, 0.717) is 18.7 Å². The van der Waals surface area contributed by atoms with E-state index in [9.17, 15) is 9.59 Å². The lowest BCUT2D eigenvalue weighted by atomic mass is 10.1. The molecule has 0 saturated carbocycles. The molecule has 0 spiro atoms. The Morgan fingerprint density at radius 2 is 1.61 bits per heavy atom. The van der Waals surface area contributed by atoms with Gasteiger partial charge in [-0.3, -0.25) is 14.5 Å². The molecule has 4 rings (SSSR count). The molecule has 0 bridgehead atoms. The lowest BCUT2D eigenvalue weighted by Gasteiger charge is -2.34. The van der Waals surface area contributed by atoms with Crippen LogP contribution in [0.2, 0.25) is 0 Å². The van der Waals surface area contributed by atoms with Crippen molar-refractivity contribution in [2.24, 2.45) is 0 Å². The first-order valence-electron chi connectivity index (χ1n) is 11.3. The summed E-state index contributed by atoms with van der Waals surface area (Å²) in [6.45, 7) is 8.01. The van der Waals surface area contributed by atoms with E-state index in [1.165, 1.54) is 5.56 Å². The maximum absolute atomic E-state index is 12.9. The zero-order valence-corrected chi connectivity index (χ0v) is 18.3. The Labute approximate surface area is 184 Å². The van der Waals surface area contributed by atoms with Gasteiger partial charge in [0, 0.05) is 51.5 Å². The Hall–Kier alpha value is -2.86. The average Bonchev–Trinajstić information content (AvgIpc) is 3.33. The van der Waals surface area contributed by atoms with Crippen molar-refractivity contribution in [3.63, 3.8) is 0 Å². The highest BCUT2D eigenvalue weighted by Gasteiger charge is 2.23. The quantitative estimate of drug-likeness (QED) is 0.781. The van der Waals surface area contributed by atoms with Gasteiger partial charge in [0.1, 0.15) is 0 Å². The molecule has 0 aliphatic carbocycles. The van der Waals surface area contributed by atoms with Crippen LogP contribution in [-0.4, -0.2) is 67.4 Å². The molecule has 0 unspecified atom stereocenters. The van der Waals surface area contributed by atoms with Crippen LogP contribution in [0.25, 0.3) is 0 Å². The van der Waals surface area contributed by atoms with Crippen LogP contribution in [-0.2, 0) is 11.3 Å². The molecular weight excluding hydrogens is 388 g/mol. The summed E-state index contributed by atoms with van der Waals surface area (Å²) < 4.78 is 0. The minimum Gasteiger partial charge on any atom is -0.371 e. The SMILES string of the molecule is Cc1ccc(N2CCCC2)c(C(=O)NCC(=O)N2CCN(Cc3ccccc3)CC2)c1. The Morgan fingerprint density at radius 1 is 0.903 bits per heavy atom. The molecule has 2 aromatic rings. The summed E-state index contributed by atoms with van der Waals surface area (Å²) in [6.07, 6.45) is 2.31. The highest BCUT2D eigenvalue weighted by Crippen LogP contribution is 2.25. The second kappa shape index (κ2) is 9.96. The highest BCUT2D eigenvalue weighted by atomic mass is 16.2.